The van der Waals surface area contributed by atoms with Gasteiger partial charge >= 0.3 is 0 Å². The number of fused-ring (bicyclic) bond motifs is 1. The highest BCUT2D eigenvalue weighted by molar-refractivity contribution is 5.48. The Kier molecular flexibility index (Phi) is 3.10. The van der Waals surface area contributed by atoms with Gasteiger partial charge in [0.25, 0.3) is 0 Å². The van der Waals surface area contributed by atoms with Crippen LogP contribution in [-0.4, -0.2) is 30.9 Å². The van der Waals surface area contributed by atoms with Crippen LogP contribution in [0.2, 0.25) is 0 Å². The van der Waals surface area contributed by atoms with Crippen molar-refractivity contribution < 1.29 is 0 Å². The molecule has 2 aromatic rings. The van der Waals surface area contributed by atoms with E-state index in [0.717, 1.165) is 36.9 Å². The molecule has 0 radical (unpaired) electrons. The summed E-state index contributed by atoms with van der Waals surface area (Å²) in [4.78, 5) is 4.40. The summed E-state index contributed by atoms with van der Waals surface area (Å²) in [6, 6.07) is 0. The number of aryl methyl sites for hydroxylation is 1. The summed E-state index contributed by atoms with van der Waals surface area (Å²) in [7, 11) is 0. The third-order valence-electron chi connectivity index (χ3n) is 3.36. The van der Waals surface area contributed by atoms with Crippen molar-refractivity contribution in [2.24, 2.45) is 5.73 Å². The van der Waals surface area contributed by atoms with Gasteiger partial charge in [-0.3, -0.25) is 0 Å². The number of imidazole rings is 1. The Morgan fingerprint density at radius 1 is 1.22 bits per heavy atom. The first kappa shape index (κ1) is 11.4. The largest absolute Gasteiger partial charge is 0.335 e. The summed E-state index contributed by atoms with van der Waals surface area (Å²) in [6.07, 6.45) is 8.50. The summed E-state index contributed by atoms with van der Waals surface area (Å²) < 4.78 is 4.20. The van der Waals surface area contributed by atoms with Crippen molar-refractivity contribution >= 4 is 0 Å². The van der Waals surface area contributed by atoms with Crippen LogP contribution in [0.15, 0.2) is 12.5 Å². The predicted octanol–water partition coefficient (Wildman–Crippen LogP) is 0.827. The average molecular weight is 246 g/mol. The zero-order valence-corrected chi connectivity index (χ0v) is 10.4. The Morgan fingerprint density at radius 3 is 3.06 bits per heavy atom. The van der Waals surface area contributed by atoms with Gasteiger partial charge in [-0.25, -0.2) is 4.98 Å². The van der Waals surface area contributed by atoms with Crippen LogP contribution >= 0.6 is 0 Å². The van der Waals surface area contributed by atoms with Gasteiger partial charge in [0, 0.05) is 32.3 Å². The number of hydrogen-bond donors (Lipinski definition) is 1. The summed E-state index contributed by atoms with van der Waals surface area (Å²) in [5.41, 5.74) is 6.43. The fourth-order valence-corrected chi connectivity index (χ4v) is 2.42. The van der Waals surface area contributed by atoms with Gasteiger partial charge in [0.15, 0.2) is 5.82 Å². The molecule has 0 atom stereocenters. The quantitative estimate of drug-likeness (QED) is 0.870. The fraction of sp³-hybridized carbons (Fsp3) is 0.583. The van der Waals surface area contributed by atoms with Crippen LogP contribution in [0.4, 0.5) is 0 Å². The van der Waals surface area contributed by atoms with Crippen molar-refractivity contribution in [3.05, 3.63) is 18.3 Å². The van der Waals surface area contributed by atoms with Gasteiger partial charge in [-0.1, -0.05) is 6.42 Å². The molecule has 96 valence electrons. The van der Waals surface area contributed by atoms with E-state index in [0.29, 0.717) is 6.54 Å². The summed E-state index contributed by atoms with van der Waals surface area (Å²) in [5, 5.41) is 8.58. The van der Waals surface area contributed by atoms with E-state index in [1.807, 2.05) is 10.8 Å². The molecule has 1 aliphatic heterocycles. The molecule has 1 aliphatic rings. The Morgan fingerprint density at radius 2 is 2.17 bits per heavy atom. The van der Waals surface area contributed by atoms with Gasteiger partial charge in [0.2, 0.25) is 0 Å². The Labute approximate surface area is 106 Å². The topological polar surface area (TPSA) is 74.6 Å². The molecule has 3 rings (SSSR count). The number of rotatable bonds is 3. The molecule has 6 heteroatoms. The van der Waals surface area contributed by atoms with Crippen LogP contribution in [0.1, 0.15) is 25.1 Å². The SMILES string of the molecule is NCCn1cnc(-c2nnc3n2CCCCC3)c1. The van der Waals surface area contributed by atoms with E-state index in [2.05, 4.69) is 19.7 Å². The van der Waals surface area contributed by atoms with E-state index in [1.54, 1.807) is 6.33 Å². The summed E-state index contributed by atoms with van der Waals surface area (Å²) in [6.45, 7) is 2.41. The highest BCUT2D eigenvalue weighted by Gasteiger charge is 2.17. The molecule has 2 aromatic heterocycles. The molecule has 0 amide bonds. The molecule has 0 unspecified atom stereocenters. The van der Waals surface area contributed by atoms with Gasteiger partial charge in [0.1, 0.15) is 11.5 Å². The maximum Gasteiger partial charge on any atom is 0.184 e. The van der Waals surface area contributed by atoms with Gasteiger partial charge in [-0.15, -0.1) is 10.2 Å². The molecule has 0 saturated carbocycles. The second-order valence-corrected chi connectivity index (χ2v) is 4.69. The van der Waals surface area contributed by atoms with Crippen molar-refractivity contribution in [1.82, 2.24) is 24.3 Å². The second kappa shape index (κ2) is 4.89. The van der Waals surface area contributed by atoms with Crippen molar-refractivity contribution in [2.75, 3.05) is 6.54 Å². The maximum atomic E-state index is 5.54. The Hall–Kier alpha value is -1.69. The molecule has 6 nitrogen and oxygen atoms in total. The Bertz CT molecular complexity index is 526. The Balaban J connectivity index is 1.93. The lowest BCUT2D eigenvalue weighted by Crippen LogP contribution is -2.07. The lowest BCUT2D eigenvalue weighted by Gasteiger charge is -2.04. The minimum absolute atomic E-state index is 0.619. The van der Waals surface area contributed by atoms with Gasteiger partial charge < -0.3 is 14.9 Å². The van der Waals surface area contributed by atoms with Crippen molar-refractivity contribution in [2.45, 2.75) is 38.8 Å². The number of aromatic nitrogens is 5. The minimum atomic E-state index is 0.619. The van der Waals surface area contributed by atoms with E-state index >= 15 is 0 Å². The smallest absolute Gasteiger partial charge is 0.184 e. The monoisotopic (exact) mass is 246 g/mol. The van der Waals surface area contributed by atoms with Crippen molar-refractivity contribution in [3.63, 3.8) is 0 Å². The van der Waals surface area contributed by atoms with Gasteiger partial charge in [0.05, 0.1) is 6.33 Å². The fourth-order valence-electron chi connectivity index (χ4n) is 2.42. The van der Waals surface area contributed by atoms with E-state index < -0.39 is 0 Å². The van der Waals surface area contributed by atoms with E-state index in [4.69, 9.17) is 5.73 Å². The standard InChI is InChI=1S/C12H18N6/c13-5-7-17-8-10(14-9-17)12-16-15-11-4-2-1-3-6-18(11)12/h8-9H,1-7,13H2. The molecule has 0 fully saturated rings. The first-order valence-electron chi connectivity index (χ1n) is 6.53. The highest BCUT2D eigenvalue weighted by atomic mass is 15.3. The van der Waals surface area contributed by atoms with E-state index in [9.17, 15) is 0 Å². The van der Waals surface area contributed by atoms with Gasteiger partial charge in [-0.05, 0) is 12.8 Å². The van der Waals surface area contributed by atoms with Crippen LogP contribution in [0.25, 0.3) is 11.5 Å². The first-order valence-corrected chi connectivity index (χ1v) is 6.53. The summed E-state index contributed by atoms with van der Waals surface area (Å²) >= 11 is 0. The number of hydrogen-bond acceptors (Lipinski definition) is 4. The van der Waals surface area contributed by atoms with E-state index in [1.165, 1.54) is 19.3 Å². The normalized spacial score (nSPS) is 15.4. The van der Waals surface area contributed by atoms with Crippen molar-refractivity contribution in [1.29, 1.82) is 0 Å². The third kappa shape index (κ3) is 2.03. The molecule has 0 saturated heterocycles. The molecule has 0 bridgehead atoms. The zero-order valence-electron chi connectivity index (χ0n) is 10.4. The zero-order chi connectivity index (χ0) is 12.4. The second-order valence-electron chi connectivity index (χ2n) is 4.69. The molecular formula is C12H18N6. The predicted molar refractivity (Wildman–Crippen MR) is 67.9 cm³/mol. The third-order valence-corrected chi connectivity index (χ3v) is 3.36. The van der Waals surface area contributed by atoms with Crippen molar-refractivity contribution in [3.8, 4) is 11.5 Å². The van der Waals surface area contributed by atoms with E-state index in [-0.39, 0.29) is 0 Å². The molecule has 3 heterocycles. The molecule has 0 aromatic carbocycles. The molecule has 0 aliphatic carbocycles. The lowest BCUT2D eigenvalue weighted by molar-refractivity contribution is 0.636. The molecule has 0 spiro atoms. The number of nitrogens with two attached hydrogens (primary N) is 1. The summed E-state index contributed by atoms with van der Waals surface area (Å²) in [5.74, 6) is 1.98. The van der Waals surface area contributed by atoms with Crippen LogP contribution < -0.4 is 5.73 Å². The minimum Gasteiger partial charge on any atom is -0.335 e. The van der Waals surface area contributed by atoms with Crippen LogP contribution in [0.5, 0.6) is 0 Å². The first-order chi connectivity index (χ1) is 8.88. The molecule has 2 N–H and O–H groups in total. The van der Waals surface area contributed by atoms with Gasteiger partial charge in [-0.2, -0.15) is 0 Å². The van der Waals surface area contributed by atoms with Crippen LogP contribution in [-0.2, 0) is 19.5 Å². The molecular weight excluding hydrogens is 228 g/mol. The number of nitrogens with zero attached hydrogens (tertiary/aromatic N) is 5. The molecule has 18 heavy (non-hydrogen) atoms. The maximum absolute atomic E-state index is 5.54. The van der Waals surface area contributed by atoms with Crippen LogP contribution in [0, 0.1) is 0 Å². The van der Waals surface area contributed by atoms with Crippen LogP contribution in [0.3, 0.4) is 0 Å². The average Bonchev–Trinajstić information content (AvgIpc) is 2.91. The lowest BCUT2D eigenvalue weighted by atomic mass is 10.2. The highest BCUT2D eigenvalue weighted by Crippen LogP contribution is 2.21.